The van der Waals surface area contributed by atoms with Crippen molar-refractivity contribution in [2.75, 3.05) is 13.3 Å². The van der Waals surface area contributed by atoms with Crippen molar-refractivity contribution in [3.8, 4) is 0 Å². The van der Waals surface area contributed by atoms with Gasteiger partial charge < -0.3 is 4.52 Å². The molecule has 0 N–H and O–H groups in total. The van der Waals surface area contributed by atoms with Crippen molar-refractivity contribution in [1.82, 2.24) is 0 Å². The van der Waals surface area contributed by atoms with Crippen molar-refractivity contribution in [1.29, 1.82) is 0 Å². The Bertz CT molecular complexity index is 474. The summed E-state index contributed by atoms with van der Waals surface area (Å²) >= 11 is 29.6. The SMILES string of the molecule is CCOP(C)(=O)c1c(Cl)c(Cl)c(Cl)c(Cl)c1Cl. The third-order valence-electron chi connectivity index (χ3n) is 1.97. The highest BCUT2D eigenvalue weighted by atomic mass is 35.5. The lowest BCUT2D eigenvalue weighted by Gasteiger charge is -2.18. The van der Waals surface area contributed by atoms with Crippen LogP contribution in [0.5, 0.6) is 0 Å². The maximum absolute atomic E-state index is 12.3. The Kier molecular flexibility index (Phi) is 5.50. The summed E-state index contributed by atoms with van der Waals surface area (Å²) in [5.74, 6) is 0. The van der Waals surface area contributed by atoms with Crippen LogP contribution < -0.4 is 5.30 Å². The zero-order valence-electron chi connectivity index (χ0n) is 8.86. The molecule has 2 nitrogen and oxygen atoms in total. The fourth-order valence-electron chi connectivity index (χ4n) is 1.26. The van der Waals surface area contributed by atoms with Crippen LogP contribution in [0.3, 0.4) is 0 Å². The number of hydrogen-bond acceptors (Lipinski definition) is 2. The molecule has 0 aromatic heterocycles. The van der Waals surface area contributed by atoms with Gasteiger partial charge in [0.2, 0.25) is 7.37 Å². The molecular formula is C9H8Cl5O2P. The van der Waals surface area contributed by atoms with E-state index in [9.17, 15) is 4.57 Å². The summed E-state index contributed by atoms with van der Waals surface area (Å²) in [5.41, 5.74) is 0. The quantitative estimate of drug-likeness (QED) is 0.405. The van der Waals surface area contributed by atoms with Gasteiger partial charge in [0.25, 0.3) is 0 Å². The summed E-state index contributed by atoms with van der Waals surface area (Å²) < 4.78 is 17.5. The van der Waals surface area contributed by atoms with E-state index in [1.807, 2.05) is 0 Å². The van der Waals surface area contributed by atoms with Gasteiger partial charge in [-0.15, -0.1) is 0 Å². The van der Waals surface area contributed by atoms with Gasteiger partial charge in [0.1, 0.15) is 0 Å². The van der Waals surface area contributed by atoms with Gasteiger partial charge in [0, 0.05) is 6.66 Å². The molecule has 0 saturated carbocycles. The number of rotatable bonds is 3. The average molecular weight is 356 g/mol. The summed E-state index contributed by atoms with van der Waals surface area (Å²) in [5, 5.41) is 0.167. The molecule has 96 valence electrons. The highest BCUT2D eigenvalue weighted by molar-refractivity contribution is 7.66. The van der Waals surface area contributed by atoms with E-state index in [1.165, 1.54) is 6.66 Å². The van der Waals surface area contributed by atoms with Crippen LogP contribution in [0.1, 0.15) is 6.92 Å². The van der Waals surface area contributed by atoms with Crippen LogP contribution in [-0.2, 0) is 9.09 Å². The minimum Gasteiger partial charge on any atom is -0.326 e. The smallest absolute Gasteiger partial charge is 0.232 e. The van der Waals surface area contributed by atoms with Crippen molar-refractivity contribution in [2.24, 2.45) is 0 Å². The molecule has 0 saturated heterocycles. The van der Waals surface area contributed by atoms with Crippen LogP contribution in [0.15, 0.2) is 0 Å². The van der Waals surface area contributed by atoms with Crippen LogP contribution in [-0.4, -0.2) is 13.3 Å². The predicted octanol–water partition coefficient (Wildman–Crippen LogP) is 5.52. The summed E-state index contributed by atoms with van der Waals surface area (Å²) in [6.45, 7) is 3.35. The summed E-state index contributed by atoms with van der Waals surface area (Å²) in [4.78, 5) is 0. The molecule has 1 aromatic rings. The normalized spacial score (nSPS) is 14.8. The molecule has 0 aliphatic rings. The van der Waals surface area contributed by atoms with Crippen molar-refractivity contribution in [3.05, 3.63) is 25.1 Å². The lowest BCUT2D eigenvalue weighted by atomic mass is 10.3. The Morgan fingerprint density at radius 1 is 0.941 bits per heavy atom. The van der Waals surface area contributed by atoms with Gasteiger partial charge in [0.05, 0.1) is 37.0 Å². The third-order valence-corrected chi connectivity index (χ3v) is 6.52. The van der Waals surface area contributed by atoms with Gasteiger partial charge >= 0.3 is 0 Å². The van der Waals surface area contributed by atoms with Crippen LogP contribution in [0.4, 0.5) is 0 Å². The molecule has 1 unspecified atom stereocenters. The fraction of sp³-hybridized carbons (Fsp3) is 0.333. The molecule has 17 heavy (non-hydrogen) atoms. The second-order valence-corrected chi connectivity index (χ2v) is 7.47. The van der Waals surface area contributed by atoms with Gasteiger partial charge in [0.15, 0.2) is 0 Å². The molecule has 0 spiro atoms. The van der Waals surface area contributed by atoms with E-state index in [0.717, 1.165) is 0 Å². The number of benzene rings is 1. The Balaban J connectivity index is 3.61. The minimum atomic E-state index is -3.19. The summed E-state index contributed by atoms with van der Waals surface area (Å²) in [6.07, 6.45) is 0. The summed E-state index contributed by atoms with van der Waals surface area (Å²) in [6, 6.07) is 0. The number of halogens is 5. The molecule has 0 amide bonds. The van der Waals surface area contributed by atoms with Crippen molar-refractivity contribution < 1.29 is 9.09 Å². The van der Waals surface area contributed by atoms with Gasteiger partial charge in [-0.1, -0.05) is 58.0 Å². The van der Waals surface area contributed by atoms with Crippen molar-refractivity contribution in [2.45, 2.75) is 6.92 Å². The van der Waals surface area contributed by atoms with E-state index >= 15 is 0 Å². The molecule has 8 heteroatoms. The first-order valence-electron chi connectivity index (χ1n) is 4.48. The Labute approximate surface area is 125 Å². The van der Waals surface area contributed by atoms with E-state index in [0.29, 0.717) is 0 Å². The lowest BCUT2D eigenvalue weighted by Crippen LogP contribution is -2.11. The highest BCUT2D eigenvalue weighted by Gasteiger charge is 2.30. The van der Waals surface area contributed by atoms with Crippen LogP contribution in [0.25, 0.3) is 0 Å². The first kappa shape index (κ1) is 15.9. The monoisotopic (exact) mass is 354 g/mol. The second kappa shape index (κ2) is 5.88. The van der Waals surface area contributed by atoms with E-state index in [1.54, 1.807) is 6.92 Å². The molecule has 1 aromatic carbocycles. The van der Waals surface area contributed by atoms with Crippen LogP contribution in [0, 0.1) is 0 Å². The first-order chi connectivity index (χ1) is 7.74. The predicted molar refractivity (Wildman–Crippen MR) is 76.3 cm³/mol. The van der Waals surface area contributed by atoms with Crippen LogP contribution in [0.2, 0.25) is 25.1 Å². The van der Waals surface area contributed by atoms with E-state index in [4.69, 9.17) is 62.5 Å². The van der Waals surface area contributed by atoms with Gasteiger partial charge in [-0.2, -0.15) is 0 Å². The summed E-state index contributed by atoms with van der Waals surface area (Å²) in [7, 11) is -3.19. The Morgan fingerprint density at radius 3 is 1.65 bits per heavy atom. The third kappa shape index (κ3) is 3.06. The topological polar surface area (TPSA) is 26.3 Å². The highest BCUT2D eigenvalue weighted by Crippen LogP contribution is 2.51. The largest absolute Gasteiger partial charge is 0.326 e. The van der Waals surface area contributed by atoms with Crippen molar-refractivity contribution >= 4 is 70.7 Å². The minimum absolute atomic E-state index is 0.00495. The van der Waals surface area contributed by atoms with E-state index < -0.39 is 7.37 Å². The van der Waals surface area contributed by atoms with Crippen LogP contribution >= 0.6 is 65.4 Å². The molecule has 0 aliphatic heterocycles. The van der Waals surface area contributed by atoms with E-state index in [-0.39, 0.29) is 37.0 Å². The number of hydrogen-bond donors (Lipinski definition) is 0. The average Bonchev–Trinajstić information content (AvgIpc) is 2.23. The Hall–Kier alpha value is 0.860. The molecule has 0 bridgehead atoms. The lowest BCUT2D eigenvalue weighted by molar-refractivity contribution is 0.345. The second-order valence-electron chi connectivity index (χ2n) is 3.18. The zero-order chi connectivity index (χ0) is 13.4. The zero-order valence-corrected chi connectivity index (χ0v) is 13.5. The standard InChI is InChI=1S/C9H8Cl5O2P/c1-3-16-17(2,15)9-7(13)5(11)4(10)6(12)8(9)14/h3H2,1-2H3. The molecule has 0 heterocycles. The molecule has 0 aliphatic carbocycles. The molecule has 0 radical (unpaired) electrons. The Morgan fingerprint density at radius 2 is 1.29 bits per heavy atom. The maximum atomic E-state index is 12.3. The fourth-order valence-corrected chi connectivity index (χ4v) is 5.01. The molecule has 1 rings (SSSR count). The van der Waals surface area contributed by atoms with Crippen molar-refractivity contribution in [3.63, 3.8) is 0 Å². The van der Waals surface area contributed by atoms with Gasteiger partial charge in [-0.25, -0.2) is 0 Å². The first-order valence-corrected chi connectivity index (χ1v) is 8.44. The molecular weight excluding hydrogens is 348 g/mol. The van der Waals surface area contributed by atoms with Gasteiger partial charge in [-0.3, -0.25) is 4.57 Å². The molecule has 1 atom stereocenters. The molecule has 0 fully saturated rings. The van der Waals surface area contributed by atoms with Gasteiger partial charge in [-0.05, 0) is 6.92 Å². The van der Waals surface area contributed by atoms with E-state index in [2.05, 4.69) is 0 Å². The maximum Gasteiger partial charge on any atom is 0.232 e.